The van der Waals surface area contributed by atoms with E-state index < -0.39 is 11.7 Å². The molecule has 0 atom stereocenters. The number of nitrogens with one attached hydrogen (secondary N) is 3. The van der Waals surface area contributed by atoms with Gasteiger partial charge in [0, 0.05) is 43.5 Å². The summed E-state index contributed by atoms with van der Waals surface area (Å²) in [4.78, 5) is 49.1. The summed E-state index contributed by atoms with van der Waals surface area (Å²) in [5, 5.41) is 14.3. The molecule has 1 aromatic carbocycles. The molecule has 0 spiro atoms. The second-order valence-corrected chi connectivity index (χ2v) is 16.3. The quantitative estimate of drug-likeness (QED) is 0.0817. The minimum Gasteiger partial charge on any atom is -0.459 e. The van der Waals surface area contributed by atoms with Crippen molar-refractivity contribution in [2.45, 2.75) is 90.0 Å². The van der Waals surface area contributed by atoms with Crippen LogP contribution in [0.5, 0.6) is 0 Å². The summed E-state index contributed by atoms with van der Waals surface area (Å²) < 4.78 is 29.5. The maximum atomic E-state index is 13.5. The fourth-order valence-electron chi connectivity index (χ4n) is 6.71. The van der Waals surface area contributed by atoms with Crippen LogP contribution in [0.1, 0.15) is 70.6 Å². The lowest BCUT2D eigenvalue weighted by molar-refractivity contribution is -0.153. The molecule has 3 N–H and O–H groups in total. The van der Waals surface area contributed by atoms with Gasteiger partial charge < -0.3 is 39.6 Å². The number of ether oxygens (including phenoxy) is 5. The molecule has 2 fully saturated rings. The third-order valence-corrected chi connectivity index (χ3v) is 10.2. The smallest absolute Gasteiger partial charge is 0.410 e. The van der Waals surface area contributed by atoms with E-state index in [1.165, 1.54) is 12.8 Å². The molecular weight excluding hydrogens is 780 g/mol. The minimum absolute atomic E-state index is 0.0734. The third kappa shape index (κ3) is 16.3. The van der Waals surface area contributed by atoms with Gasteiger partial charge in [-0.05, 0) is 77.2 Å². The highest BCUT2D eigenvalue weighted by Crippen LogP contribution is 2.37. The second-order valence-electron chi connectivity index (χ2n) is 15.9. The molecule has 17 heteroatoms. The Balaban J connectivity index is 1.01. The maximum Gasteiger partial charge on any atom is 0.410 e. The molecule has 2 aliphatic carbocycles. The van der Waals surface area contributed by atoms with Crippen LogP contribution < -0.4 is 16.0 Å². The Kier molecular flexibility index (Phi) is 18.2. The van der Waals surface area contributed by atoms with Crippen LogP contribution in [0.15, 0.2) is 42.7 Å². The van der Waals surface area contributed by atoms with Crippen LogP contribution in [0.25, 0.3) is 11.3 Å². The molecule has 59 heavy (non-hydrogen) atoms. The zero-order chi connectivity index (χ0) is 42.0. The van der Waals surface area contributed by atoms with E-state index in [1.807, 2.05) is 69.0 Å². The highest BCUT2D eigenvalue weighted by molar-refractivity contribution is 6.33. The van der Waals surface area contributed by atoms with Crippen LogP contribution >= 0.6 is 11.6 Å². The van der Waals surface area contributed by atoms with Crippen molar-refractivity contribution in [3.8, 4) is 11.3 Å². The van der Waals surface area contributed by atoms with Gasteiger partial charge in [-0.15, -0.1) is 0 Å². The first-order valence-electron chi connectivity index (χ1n) is 20.6. The largest absolute Gasteiger partial charge is 0.459 e. The highest BCUT2D eigenvalue weighted by atomic mass is 35.5. The minimum atomic E-state index is -0.529. The predicted molar refractivity (Wildman–Crippen MR) is 223 cm³/mol. The van der Waals surface area contributed by atoms with E-state index in [1.54, 1.807) is 11.1 Å². The molecule has 0 saturated heterocycles. The summed E-state index contributed by atoms with van der Waals surface area (Å²) in [6.07, 6.45) is 9.15. The maximum absolute atomic E-state index is 13.5. The van der Waals surface area contributed by atoms with Gasteiger partial charge in [0.05, 0.1) is 69.3 Å². The molecule has 16 nitrogen and oxygen atoms in total. The molecule has 5 rings (SSSR count). The van der Waals surface area contributed by atoms with Gasteiger partial charge in [0.15, 0.2) is 0 Å². The second kappa shape index (κ2) is 23.4. The van der Waals surface area contributed by atoms with E-state index in [4.69, 9.17) is 40.3 Å². The van der Waals surface area contributed by atoms with Gasteiger partial charge in [0.25, 0.3) is 0 Å². The number of halogens is 1. The molecular formula is C42H61ClN8O8. The van der Waals surface area contributed by atoms with Crippen molar-refractivity contribution in [3.05, 3.63) is 59.0 Å². The van der Waals surface area contributed by atoms with Crippen molar-refractivity contribution in [2.75, 3.05) is 71.1 Å². The first-order valence-corrected chi connectivity index (χ1v) is 21.0. The molecule has 2 aromatic heterocycles. The summed E-state index contributed by atoms with van der Waals surface area (Å²) in [7, 11) is 1.95. The zero-order valence-electron chi connectivity index (χ0n) is 34.9. The molecule has 0 unspecified atom stereocenters. The first-order chi connectivity index (χ1) is 28.4. The number of nitrogens with zero attached hydrogens (tertiary/aromatic N) is 5. The Morgan fingerprint density at radius 2 is 1.58 bits per heavy atom. The molecule has 2 aliphatic rings. The number of hydrogen-bond donors (Lipinski definition) is 3. The molecule has 0 aliphatic heterocycles. The van der Waals surface area contributed by atoms with Crippen molar-refractivity contribution in [1.82, 2.24) is 35.3 Å². The molecule has 2 saturated carbocycles. The standard InChI is InChI=1S/C42H61ClN8O8/c1-42(2,3)59-38(53)27-44-16-18-55-20-22-57-23-21-56-19-17-45-37(52)28-51(41(54)58-29-31-8-6-5-7-9-31)33-14-12-32(13-15-33)48-40-46-26-35(43)39(49-40)34-25-47-50(4)36(34)24-30-10-11-30/h5-9,25-26,30,32-33,44H,10-24,27-29H2,1-4H3,(H,45,52)(H,46,48,49)/t32-,33-. The van der Waals surface area contributed by atoms with E-state index in [9.17, 15) is 14.4 Å². The number of hydrogen-bond acceptors (Lipinski definition) is 13. The number of esters is 1. The fourth-order valence-corrected chi connectivity index (χ4v) is 6.90. The Morgan fingerprint density at radius 1 is 0.898 bits per heavy atom. The third-order valence-electron chi connectivity index (χ3n) is 9.89. The van der Waals surface area contributed by atoms with Crippen LogP contribution in [0, 0.1) is 5.92 Å². The van der Waals surface area contributed by atoms with Crippen molar-refractivity contribution in [1.29, 1.82) is 0 Å². The van der Waals surface area contributed by atoms with Crippen molar-refractivity contribution < 1.29 is 38.1 Å². The summed E-state index contributed by atoms with van der Waals surface area (Å²) in [5.41, 5.74) is 3.08. The number of rotatable bonds is 24. The van der Waals surface area contributed by atoms with E-state index in [-0.39, 0.29) is 50.2 Å². The van der Waals surface area contributed by atoms with Crippen molar-refractivity contribution in [2.24, 2.45) is 13.0 Å². The van der Waals surface area contributed by atoms with Gasteiger partial charge in [-0.2, -0.15) is 5.10 Å². The Bertz CT molecular complexity index is 1760. The lowest BCUT2D eigenvalue weighted by Gasteiger charge is -2.36. The van der Waals surface area contributed by atoms with E-state index >= 15 is 0 Å². The van der Waals surface area contributed by atoms with Gasteiger partial charge in [0.2, 0.25) is 11.9 Å². The van der Waals surface area contributed by atoms with E-state index in [2.05, 4.69) is 26.0 Å². The number of anilines is 1. The normalized spacial score (nSPS) is 16.7. The summed E-state index contributed by atoms with van der Waals surface area (Å²) in [6.45, 7) is 8.70. The topological polar surface area (TPSA) is 180 Å². The molecule has 3 aromatic rings. The zero-order valence-corrected chi connectivity index (χ0v) is 35.6. The summed E-state index contributed by atoms with van der Waals surface area (Å²) in [5.74, 6) is 0.582. The Labute approximate surface area is 352 Å². The first kappa shape index (κ1) is 45.7. The van der Waals surface area contributed by atoms with Gasteiger partial charge in [-0.1, -0.05) is 41.9 Å². The van der Waals surface area contributed by atoms with Gasteiger partial charge >= 0.3 is 12.1 Å². The Morgan fingerprint density at radius 3 is 2.25 bits per heavy atom. The van der Waals surface area contributed by atoms with Crippen LogP contribution in [0.2, 0.25) is 5.02 Å². The molecule has 0 radical (unpaired) electrons. The van der Waals surface area contributed by atoms with E-state index in [0.29, 0.717) is 81.6 Å². The number of carbonyl (C=O) groups is 3. The van der Waals surface area contributed by atoms with Crippen LogP contribution in [-0.2, 0) is 53.3 Å². The van der Waals surface area contributed by atoms with Crippen molar-refractivity contribution in [3.63, 3.8) is 0 Å². The number of carbonyl (C=O) groups excluding carboxylic acids is 3. The molecule has 324 valence electrons. The number of aromatic nitrogens is 4. The van der Waals surface area contributed by atoms with Gasteiger partial charge in [-0.3, -0.25) is 19.2 Å². The summed E-state index contributed by atoms with van der Waals surface area (Å²) in [6, 6.07) is 9.36. The lowest BCUT2D eigenvalue weighted by atomic mass is 9.90. The number of benzene rings is 1. The fraction of sp³-hybridized carbons (Fsp3) is 0.619. The SMILES string of the molecule is Cn1ncc(-c2nc(N[C@H]3CC[C@H](N(CC(=O)NCCOCCOCCOCCNCC(=O)OC(C)(C)C)C(=O)OCc4ccccc4)CC3)ncc2Cl)c1CC1CC1. The number of amides is 2. The van der Waals surface area contributed by atoms with E-state index in [0.717, 1.165) is 36.1 Å². The van der Waals surface area contributed by atoms with Crippen LogP contribution in [0.4, 0.5) is 10.7 Å². The van der Waals surface area contributed by atoms with Gasteiger partial charge in [-0.25, -0.2) is 14.8 Å². The molecule has 2 heterocycles. The monoisotopic (exact) mass is 840 g/mol. The number of aryl methyl sites for hydroxylation is 1. The predicted octanol–water partition coefficient (Wildman–Crippen LogP) is 4.94. The highest BCUT2D eigenvalue weighted by Gasteiger charge is 2.32. The molecule has 2 amide bonds. The molecule has 0 bridgehead atoms. The lowest BCUT2D eigenvalue weighted by Crippen LogP contribution is -2.49. The van der Waals surface area contributed by atoms with Crippen LogP contribution in [0.3, 0.4) is 0 Å². The van der Waals surface area contributed by atoms with Crippen molar-refractivity contribution >= 4 is 35.5 Å². The average molecular weight is 841 g/mol. The van der Waals surface area contributed by atoms with Crippen LogP contribution in [-0.4, -0.2) is 126 Å². The summed E-state index contributed by atoms with van der Waals surface area (Å²) >= 11 is 6.61. The average Bonchev–Trinajstić information content (AvgIpc) is 3.97. The Hall–Kier alpha value is -4.35. The van der Waals surface area contributed by atoms with Gasteiger partial charge in [0.1, 0.15) is 18.8 Å².